The van der Waals surface area contributed by atoms with E-state index in [2.05, 4.69) is 40.2 Å². The molecule has 0 fully saturated rings. The minimum Gasteiger partial charge on any atom is -0.490 e. The molecule has 34 heavy (non-hydrogen) atoms. The summed E-state index contributed by atoms with van der Waals surface area (Å²) in [5, 5.41) is 28.9. The van der Waals surface area contributed by atoms with Crippen molar-refractivity contribution < 1.29 is 14.6 Å². The standard InChI is InChI=1S/C25H26N4O3S.Na/c1-15(2)32-22-7-5-17(12-19(22)13-26)24-27-28-25(33-24)21-6-4-18-14-29(11-9-23(30)31)10-8-20(18)16(21)3;/h4-7,12,15H,8-11,14H2,1-3H3,(H,30,31);. The number of nitrogens with zero attached hydrogens (tertiary/aromatic N) is 4. The number of rotatable bonds is 7. The number of carboxylic acid groups (broad SMARTS) is 1. The van der Waals surface area contributed by atoms with Gasteiger partial charge in [0.2, 0.25) is 0 Å². The van der Waals surface area contributed by atoms with E-state index in [-0.39, 0.29) is 42.1 Å². The van der Waals surface area contributed by atoms with Crippen molar-refractivity contribution in [3.8, 4) is 33.0 Å². The summed E-state index contributed by atoms with van der Waals surface area (Å²) in [7, 11) is 0. The van der Waals surface area contributed by atoms with Gasteiger partial charge in [-0.05, 0) is 62.1 Å². The van der Waals surface area contributed by atoms with Crippen LogP contribution in [0.5, 0.6) is 5.75 Å². The molecule has 1 aromatic heterocycles. The minimum absolute atomic E-state index is 0. The molecular weight excluding hydrogens is 459 g/mol. The third-order valence-electron chi connectivity index (χ3n) is 5.77. The Hall–Kier alpha value is -2.28. The van der Waals surface area contributed by atoms with E-state index >= 15 is 0 Å². The van der Waals surface area contributed by atoms with Crippen molar-refractivity contribution in [1.82, 2.24) is 15.1 Å². The van der Waals surface area contributed by atoms with Crippen LogP contribution >= 0.6 is 11.3 Å². The molecule has 4 rings (SSSR count). The zero-order chi connectivity index (χ0) is 23.5. The smallest absolute Gasteiger partial charge is 0.304 e. The molecule has 3 aromatic rings. The Kier molecular flexibility index (Phi) is 8.85. The van der Waals surface area contributed by atoms with Crippen LogP contribution in [0.4, 0.5) is 0 Å². The monoisotopic (exact) mass is 485 g/mol. The predicted molar refractivity (Wildman–Crippen MR) is 133 cm³/mol. The van der Waals surface area contributed by atoms with Gasteiger partial charge >= 0.3 is 5.97 Å². The summed E-state index contributed by atoms with van der Waals surface area (Å²) in [6, 6.07) is 11.9. The van der Waals surface area contributed by atoms with Crippen LogP contribution in [-0.2, 0) is 17.8 Å². The van der Waals surface area contributed by atoms with Gasteiger partial charge in [-0.15, -0.1) is 10.2 Å². The molecule has 2 aromatic carbocycles. The average molecular weight is 486 g/mol. The number of carboxylic acids is 1. The van der Waals surface area contributed by atoms with E-state index in [0.29, 0.717) is 17.9 Å². The van der Waals surface area contributed by atoms with E-state index in [4.69, 9.17) is 9.84 Å². The topological polar surface area (TPSA) is 99.3 Å². The number of nitriles is 1. The maximum Gasteiger partial charge on any atom is 0.304 e. The number of hydrogen-bond donors (Lipinski definition) is 1. The van der Waals surface area contributed by atoms with E-state index in [0.717, 1.165) is 40.7 Å². The van der Waals surface area contributed by atoms with E-state index in [1.165, 1.54) is 28.0 Å². The molecule has 0 saturated carbocycles. The van der Waals surface area contributed by atoms with Gasteiger partial charge in [-0.3, -0.25) is 9.69 Å². The molecule has 0 saturated heterocycles. The summed E-state index contributed by atoms with van der Waals surface area (Å²) in [6.07, 6.45) is 1.05. The van der Waals surface area contributed by atoms with Crippen molar-refractivity contribution in [1.29, 1.82) is 5.26 Å². The van der Waals surface area contributed by atoms with Gasteiger partial charge in [0, 0.05) is 60.3 Å². The Balaban J connectivity index is 0.00000324. The fraction of sp³-hybridized carbons (Fsp3) is 0.360. The minimum atomic E-state index is -0.761. The van der Waals surface area contributed by atoms with Gasteiger partial charge in [-0.1, -0.05) is 23.5 Å². The van der Waals surface area contributed by atoms with Crippen LogP contribution in [0, 0.1) is 18.3 Å². The predicted octanol–water partition coefficient (Wildman–Crippen LogP) is 4.29. The summed E-state index contributed by atoms with van der Waals surface area (Å²) in [5.74, 6) is -0.188. The molecule has 1 aliphatic rings. The fourth-order valence-electron chi connectivity index (χ4n) is 4.13. The first kappa shape index (κ1) is 26.3. The van der Waals surface area contributed by atoms with Crippen LogP contribution in [0.2, 0.25) is 0 Å². The van der Waals surface area contributed by atoms with Gasteiger partial charge in [0.15, 0.2) is 0 Å². The molecule has 1 aliphatic heterocycles. The van der Waals surface area contributed by atoms with Gasteiger partial charge in [-0.2, -0.15) is 5.26 Å². The fourth-order valence-corrected chi connectivity index (χ4v) is 5.05. The molecule has 1 N–H and O–H groups in total. The third kappa shape index (κ3) is 5.85. The van der Waals surface area contributed by atoms with Crippen molar-refractivity contribution in [3.05, 3.63) is 52.6 Å². The number of benzene rings is 2. The summed E-state index contributed by atoms with van der Waals surface area (Å²) in [6.45, 7) is 8.18. The Bertz CT molecular complexity index is 1240. The second-order valence-electron chi connectivity index (χ2n) is 8.45. The summed E-state index contributed by atoms with van der Waals surface area (Å²) >= 11 is 1.51. The first-order chi connectivity index (χ1) is 15.9. The van der Waals surface area contributed by atoms with Gasteiger partial charge < -0.3 is 9.84 Å². The van der Waals surface area contributed by atoms with Gasteiger partial charge in [-0.25, -0.2) is 0 Å². The van der Waals surface area contributed by atoms with Crippen molar-refractivity contribution in [3.63, 3.8) is 0 Å². The molecule has 0 amide bonds. The van der Waals surface area contributed by atoms with Gasteiger partial charge in [0.05, 0.1) is 18.1 Å². The maximum absolute atomic E-state index is 10.9. The third-order valence-corrected chi connectivity index (χ3v) is 6.78. The van der Waals surface area contributed by atoms with Gasteiger partial charge in [0.1, 0.15) is 21.8 Å². The zero-order valence-corrected chi connectivity index (χ0v) is 22.8. The maximum atomic E-state index is 10.9. The van der Waals surface area contributed by atoms with Crippen molar-refractivity contribution >= 4 is 46.9 Å². The van der Waals surface area contributed by atoms with Crippen LogP contribution < -0.4 is 4.74 Å². The van der Waals surface area contributed by atoms with Crippen LogP contribution in [0.25, 0.3) is 21.1 Å². The molecule has 0 bridgehead atoms. The van der Waals surface area contributed by atoms with Crippen LogP contribution in [0.1, 0.15) is 42.5 Å². The van der Waals surface area contributed by atoms with Crippen molar-refractivity contribution in [2.45, 2.75) is 46.3 Å². The normalized spacial score (nSPS) is 13.1. The number of hydrogen-bond acceptors (Lipinski definition) is 7. The Morgan fingerprint density at radius 3 is 2.74 bits per heavy atom. The summed E-state index contributed by atoms with van der Waals surface area (Å²) in [4.78, 5) is 13.1. The molecule has 0 atom stereocenters. The largest absolute Gasteiger partial charge is 0.490 e. The Labute approximate surface area is 225 Å². The zero-order valence-electron chi connectivity index (χ0n) is 20.0. The Morgan fingerprint density at radius 1 is 1.26 bits per heavy atom. The number of aliphatic carboxylic acids is 1. The molecule has 2 heterocycles. The Morgan fingerprint density at radius 2 is 2.03 bits per heavy atom. The quantitative estimate of drug-likeness (QED) is 0.498. The molecule has 1 radical (unpaired) electrons. The van der Waals surface area contributed by atoms with E-state index < -0.39 is 5.97 Å². The van der Waals surface area contributed by atoms with E-state index in [1.807, 2.05) is 26.0 Å². The first-order valence-electron chi connectivity index (χ1n) is 11.0. The number of ether oxygens (including phenoxy) is 1. The SMILES string of the molecule is Cc1c(-c2nnc(-c3ccc(OC(C)C)c(C#N)c3)s2)ccc2c1CCN(CCC(=O)O)C2.[Na]. The molecule has 7 nitrogen and oxygen atoms in total. The molecule has 0 spiro atoms. The molecule has 171 valence electrons. The van der Waals surface area contributed by atoms with Crippen molar-refractivity contribution in [2.24, 2.45) is 0 Å². The van der Waals surface area contributed by atoms with E-state index in [9.17, 15) is 10.1 Å². The average Bonchev–Trinajstić information content (AvgIpc) is 3.27. The molecular formula is C25H26N4NaO3S. The summed E-state index contributed by atoms with van der Waals surface area (Å²) < 4.78 is 5.72. The summed E-state index contributed by atoms with van der Waals surface area (Å²) in [5.41, 5.74) is 6.16. The van der Waals surface area contributed by atoms with Gasteiger partial charge in [0.25, 0.3) is 0 Å². The first-order valence-corrected chi connectivity index (χ1v) is 11.8. The van der Waals surface area contributed by atoms with Crippen molar-refractivity contribution in [2.75, 3.05) is 13.1 Å². The second kappa shape index (κ2) is 11.4. The second-order valence-corrected chi connectivity index (χ2v) is 9.42. The van der Waals surface area contributed by atoms with Crippen LogP contribution in [0.15, 0.2) is 30.3 Å². The van der Waals surface area contributed by atoms with E-state index in [1.54, 1.807) is 6.07 Å². The number of aromatic nitrogens is 2. The number of fused-ring (bicyclic) bond motifs is 1. The van der Waals surface area contributed by atoms with Crippen LogP contribution in [-0.4, -0.2) is 74.9 Å². The molecule has 9 heteroatoms. The number of carbonyl (C=O) groups is 1. The van der Waals surface area contributed by atoms with Crippen LogP contribution in [0.3, 0.4) is 0 Å². The molecule has 0 unspecified atom stereocenters. The molecule has 0 aliphatic carbocycles.